The maximum absolute atomic E-state index is 13.7. The molecule has 4 aromatic carbocycles. The van der Waals surface area contributed by atoms with Gasteiger partial charge in [-0.2, -0.15) is 0 Å². The Kier molecular flexibility index (Phi) is 6.87. The molecule has 0 saturated heterocycles. The zero-order valence-electron chi connectivity index (χ0n) is 21.9. The monoisotopic (exact) mass is 569 g/mol. The molecular formula is C33H25Cl2NO4. The number of esters is 1. The number of benzene rings is 4. The van der Waals surface area contributed by atoms with Crippen LogP contribution in [0.5, 0.6) is 5.75 Å². The van der Waals surface area contributed by atoms with Crippen LogP contribution in [0.4, 0.5) is 0 Å². The van der Waals surface area contributed by atoms with Crippen molar-refractivity contribution < 1.29 is 19.1 Å². The molecular weight excluding hydrogens is 545 g/mol. The molecule has 6 rings (SSSR count). The van der Waals surface area contributed by atoms with Crippen LogP contribution in [0.15, 0.2) is 95.7 Å². The van der Waals surface area contributed by atoms with Crippen molar-refractivity contribution in [2.75, 3.05) is 6.61 Å². The van der Waals surface area contributed by atoms with Crippen molar-refractivity contribution in [1.29, 1.82) is 0 Å². The quantitative estimate of drug-likeness (QED) is 0.239. The summed E-state index contributed by atoms with van der Waals surface area (Å²) in [4.78, 5) is 26.9. The lowest BCUT2D eigenvalue weighted by Crippen LogP contribution is -2.29. The number of hydrogen-bond donors (Lipinski definition) is 1. The first-order valence-electron chi connectivity index (χ1n) is 13.0. The third-order valence-corrected chi connectivity index (χ3v) is 7.91. The molecule has 200 valence electrons. The van der Waals surface area contributed by atoms with Crippen LogP contribution >= 0.6 is 23.2 Å². The predicted octanol–water partition coefficient (Wildman–Crippen LogP) is 7.86. The Hall–Kier alpha value is -4.06. The maximum atomic E-state index is 13.7. The number of hydrogen-bond acceptors (Lipinski definition) is 5. The zero-order chi connectivity index (χ0) is 28.0. The SMILES string of the molecule is CCOC(=O)C1=C(C)NC2=C(C(=O)c3ccccc32)[C@@H]1c1cc(Cl)c(OCc2cccc3ccccc23)c(Cl)c1. The average molecular weight is 570 g/mol. The van der Waals surface area contributed by atoms with Gasteiger partial charge in [-0.05, 0) is 47.9 Å². The highest BCUT2D eigenvalue weighted by molar-refractivity contribution is 6.37. The Bertz CT molecular complexity index is 1740. The van der Waals surface area contributed by atoms with Crippen molar-refractivity contribution in [2.24, 2.45) is 0 Å². The lowest BCUT2D eigenvalue weighted by Gasteiger charge is -2.29. The van der Waals surface area contributed by atoms with Crippen molar-refractivity contribution >= 4 is 51.4 Å². The molecule has 1 aliphatic heterocycles. The van der Waals surface area contributed by atoms with Crippen LogP contribution in [0.3, 0.4) is 0 Å². The lowest BCUT2D eigenvalue weighted by molar-refractivity contribution is -0.138. The summed E-state index contributed by atoms with van der Waals surface area (Å²) in [6, 6.07) is 24.9. The van der Waals surface area contributed by atoms with Gasteiger partial charge in [0.1, 0.15) is 6.61 Å². The van der Waals surface area contributed by atoms with Crippen molar-refractivity contribution in [2.45, 2.75) is 26.4 Å². The summed E-state index contributed by atoms with van der Waals surface area (Å²) in [6.45, 7) is 4.02. The van der Waals surface area contributed by atoms with Crippen LogP contribution in [0.2, 0.25) is 10.0 Å². The number of ether oxygens (including phenoxy) is 2. The second-order valence-electron chi connectivity index (χ2n) is 9.72. The number of rotatable bonds is 6. The molecule has 0 amide bonds. The lowest BCUT2D eigenvalue weighted by atomic mass is 9.80. The number of fused-ring (bicyclic) bond motifs is 3. The van der Waals surface area contributed by atoms with Crippen molar-refractivity contribution in [3.05, 3.63) is 128 Å². The second kappa shape index (κ2) is 10.5. The molecule has 40 heavy (non-hydrogen) atoms. The van der Waals surface area contributed by atoms with Crippen LogP contribution in [0.1, 0.15) is 46.8 Å². The van der Waals surface area contributed by atoms with Crippen molar-refractivity contribution in [1.82, 2.24) is 5.32 Å². The van der Waals surface area contributed by atoms with Gasteiger partial charge in [-0.15, -0.1) is 0 Å². The highest BCUT2D eigenvalue weighted by Crippen LogP contribution is 2.49. The van der Waals surface area contributed by atoms with Gasteiger partial charge in [-0.1, -0.05) is 89.9 Å². The molecule has 0 unspecified atom stereocenters. The molecule has 0 bridgehead atoms. The number of nitrogens with one attached hydrogen (secondary N) is 1. The summed E-state index contributed by atoms with van der Waals surface area (Å²) in [5.74, 6) is -1.04. The fourth-order valence-corrected chi connectivity index (χ4v) is 6.21. The van der Waals surface area contributed by atoms with Gasteiger partial charge in [0, 0.05) is 28.3 Å². The number of ketones is 1. The highest BCUT2D eigenvalue weighted by atomic mass is 35.5. The third-order valence-electron chi connectivity index (χ3n) is 7.35. The maximum Gasteiger partial charge on any atom is 0.336 e. The first-order chi connectivity index (χ1) is 19.4. The van der Waals surface area contributed by atoms with E-state index in [1.54, 1.807) is 32.0 Å². The van der Waals surface area contributed by atoms with E-state index in [1.165, 1.54) is 0 Å². The van der Waals surface area contributed by atoms with Gasteiger partial charge in [0.15, 0.2) is 11.5 Å². The largest absolute Gasteiger partial charge is 0.486 e. The Labute approximate surface area is 242 Å². The van der Waals surface area contributed by atoms with E-state index in [9.17, 15) is 9.59 Å². The Morgan fingerprint density at radius 1 is 0.925 bits per heavy atom. The number of carbonyl (C=O) groups is 2. The molecule has 5 nitrogen and oxygen atoms in total. The van der Waals surface area contributed by atoms with Crippen molar-refractivity contribution in [3.8, 4) is 5.75 Å². The predicted molar refractivity (Wildman–Crippen MR) is 158 cm³/mol. The number of carbonyl (C=O) groups excluding carboxylic acids is 2. The van der Waals surface area contributed by atoms with Crippen LogP contribution in [0.25, 0.3) is 16.5 Å². The number of dihydropyridines is 1. The molecule has 2 aliphatic rings. The van der Waals surface area contributed by atoms with Gasteiger partial charge in [-0.25, -0.2) is 4.79 Å². The minimum atomic E-state index is -0.725. The van der Waals surface area contributed by atoms with Gasteiger partial charge in [-0.3, -0.25) is 4.79 Å². The summed E-state index contributed by atoms with van der Waals surface area (Å²) < 4.78 is 11.5. The highest BCUT2D eigenvalue weighted by Gasteiger charge is 2.43. The summed E-state index contributed by atoms with van der Waals surface area (Å²) in [5.41, 5.74) is 5.07. The molecule has 7 heteroatoms. The molecule has 0 saturated carbocycles. The number of allylic oxidation sites excluding steroid dienone is 2. The standard InChI is InChI=1S/C33H25Cl2NO4/c1-3-39-33(38)27-18(2)36-30-23-13-6-7-14-24(23)31(37)29(30)28(27)21-15-25(34)32(26(35)16-21)40-17-20-11-8-10-19-9-4-5-12-22(19)20/h4-16,28,36H,3,17H2,1-2H3/t28-/m1/s1. The van der Waals surface area contributed by atoms with E-state index < -0.39 is 11.9 Å². The molecule has 4 aromatic rings. The Morgan fingerprint density at radius 3 is 2.35 bits per heavy atom. The van der Waals surface area contributed by atoms with Gasteiger partial charge in [0.05, 0.1) is 27.9 Å². The molecule has 0 fully saturated rings. The summed E-state index contributed by atoms with van der Waals surface area (Å²) >= 11 is 13.5. The minimum absolute atomic E-state index is 0.152. The summed E-state index contributed by atoms with van der Waals surface area (Å²) in [5, 5.41) is 6.06. The zero-order valence-corrected chi connectivity index (χ0v) is 23.4. The average Bonchev–Trinajstić information content (AvgIpc) is 3.23. The van der Waals surface area contributed by atoms with E-state index in [0.29, 0.717) is 39.4 Å². The first-order valence-corrected chi connectivity index (χ1v) is 13.8. The normalized spacial score (nSPS) is 16.1. The van der Waals surface area contributed by atoms with E-state index in [4.69, 9.17) is 32.7 Å². The van der Waals surface area contributed by atoms with Gasteiger partial charge < -0.3 is 14.8 Å². The first kappa shape index (κ1) is 26.2. The fourth-order valence-electron chi connectivity index (χ4n) is 5.59. The molecule has 1 atom stereocenters. The van der Waals surface area contributed by atoms with E-state index >= 15 is 0 Å². The molecule has 1 N–H and O–H groups in total. The molecule has 0 aromatic heterocycles. The van der Waals surface area contributed by atoms with Gasteiger partial charge in [0.25, 0.3) is 0 Å². The molecule has 1 aliphatic carbocycles. The second-order valence-corrected chi connectivity index (χ2v) is 10.5. The molecule has 0 spiro atoms. The van der Waals surface area contributed by atoms with E-state index in [2.05, 4.69) is 17.4 Å². The van der Waals surface area contributed by atoms with E-state index in [1.807, 2.05) is 48.5 Å². The summed E-state index contributed by atoms with van der Waals surface area (Å²) in [6.07, 6.45) is 0. The van der Waals surface area contributed by atoms with Crippen LogP contribution < -0.4 is 10.1 Å². The van der Waals surface area contributed by atoms with Gasteiger partial charge in [0.2, 0.25) is 0 Å². The number of Topliss-reactive ketones (excluding diaryl/α,β-unsaturated/α-hetero) is 1. The minimum Gasteiger partial charge on any atom is -0.486 e. The molecule has 0 radical (unpaired) electrons. The van der Waals surface area contributed by atoms with Crippen LogP contribution in [0, 0.1) is 0 Å². The van der Waals surface area contributed by atoms with Gasteiger partial charge >= 0.3 is 5.97 Å². The van der Waals surface area contributed by atoms with Crippen molar-refractivity contribution in [3.63, 3.8) is 0 Å². The van der Waals surface area contributed by atoms with E-state index in [0.717, 1.165) is 21.9 Å². The topological polar surface area (TPSA) is 64.6 Å². The van der Waals surface area contributed by atoms with Crippen LogP contribution in [-0.2, 0) is 16.1 Å². The van der Waals surface area contributed by atoms with E-state index in [-0.39, 0.29) is 29.0 Å². The fraction of sp³-hybridized carbons (Fsp3) is 0.152. The number of halogens is 2. The Morgan fingerprint density at radius 2 is 1.60 bits per heavy atom. The smallest absolute Gasteiger partial charge is 0.336 e. The molecule has 1 heterocycles. The summed E-state index contributed by atoms with van der Waals surface area (Å²) in [7, 11) is 0. The Balaban J connectivity index is 1.41. The van der Waals surface area contributed by atoms with Crippen LogP contribution in [-0.4, -0.2) is 18.4 Å². The third kappa shape index (κ3) is 4.36.